The molecule has 0 heterocycles. The quantitative estimate of drug-likeness (QED) is 0.775. The molecule has 1 N–H and O–H groups in total. The summed E-state index contributed by atoms with van der Waals surface area (Å²) < 4.78 is 5.16. The molecule has 1 fully saturated rings. The van der Waals surface area contributed by atoms with Crippen LogP contribution in [-0.4, -0.2) is 24.1 Å². The lowest BCUT2D eigenvalue weighted by molar-refractivity contribution is 0.0497. The molecule has 4 heteroatoms. The molecule has 0 aromatic rings. The van der Waals surface area contributed by atoms with Gasteiger partial charge >= 0.3 is 6.09 Å². The van der Waals surface area contributed by atoms with Crippen molar-refractivity contribution in [1.82, 2.24) is 5.32 Å². The van der Waals surface area contributed by atoms with Gasteiger partial charge in [0.15, 0.2) is 0 Å². The zero-order valence-electron chi connectivity index (χ0n) is 10.4. The van der Waals surface area contributed by atoms with Crippen molar-refractivity contribution >= 4 is 17.7 Å². The average molecular weight is 248 g/mol. The highest BCUT2D eigenvalue weighted by atomic mass is 35.5. The molecule has 1 saturated carbocycles. The highest BCUT2D eigenvalue weighted by molar-refractivity contribution is 6.17. The maximum absolute atomic E-state index is 11.4. The van der Waals surface area contributed by atoms with E-state index in [-0.39, 0.29) is 6.09 Å². The molecule has 0 spiro atoms. The number of nitrogens with one attached hydrogen (secondary N) is 1. The van der Waals surface area contributed by atoms with E-state index in [4.69, 9.17) is 16.3 Å². The fourth-order valence-corrected chi connectivity index (χ4v) is 2.28. The first kappa shape index (κ1) is 13.6. The summed E-state index contributed by atoms with van der Waals surface area (Å²) in [5.74, 6) is 2.13. The number of hydrogen-bond acceptors (Lipinski definition) is 2. The van der Waals surface area contributed by atoms with Crippen LogP contribution in [0.15, 0.2) is 0 Å². The molecule has 16 heavy (non-hydrogen) atoms. The molecule has 1 aliphatic rings. The number of halogens is 1. The van der Waals surface area contributed by atoms with Crippen LogP contribution < -0.4 is 5.32 Å². The van der Waals surface area contributed by atoms with E-state index in [1.807, 2.05) is 20.8 Å². The van der Waals surface area contributed by atoms with E-state index in [9.17, 15) is 4.79 Å². The summed E-state index contributed by atoms with van der Waals surface area (Å²) in [6, 6.07) is 0. The lowest BCUT2D eigenvalue weighted by Crippen LogP contribution is -2.39. The van der Waals surface area contributed by atoms with Crippen molar-refractivity contribution in [2.45, 2.75) is 45.6 Å². The fraction of sp³-hybridized carbons (Fsp3) is 0.917. The van der Waals surface area contributed by atoms with Crippen LogP contribution in [0.4, 0.5) is 4.79 Å². The van der Waals surface area contributed by atoms with Gasteiger partial charge in [-0.3, -0.25) is 0 Å². The van der Waals surface area contributed by atoms with Gasteiger partial charge < -0.3 is 10.1 Å². The van der Waals surface area contributed by atoms with Crippen molar-refractivity contribution in [3.63, 3.8) is 0 Å². The van der Waals surface area contributed by atoms with Crippen molar-refractivity contribution in [1.29, 1.82) is 0 Å². The number of carbonyl (C=O) groups is 1. The number of rotatable bonds is 4. The Balaban J connectivity index is 2.06. The van der Waals surface area contributed by atoms with E-state index in [1.54, 1.807) is 0 Å². The van der Waals surface area contributed by atoms with E-state index < -0.39 is 5.60 Å². The van der Waals surface area contributed by atoms with Crippen LogP contribution >= 0.6 is 11.6 Å². The van der Waals surface area contributed by atoms with Crippen LogP contribution in [-0.2, 0) is 4.74 Å². The van der Waals surface area contributed by atoms with Crippen LogP contribution in [0, 0.1) is 11.8 Å². The summed E-state index contributed by atoms with van der Waals surface area (Å²) in [5.41, 5.74) is -0.412. The van der Waals surface area contributed by atoms with Gasteiger partial charge in [0.1, 0.15) is 5.60 Å². The smallest absolute Gasteiger partial charge is 0.407 e. The Kier molecular flexibility index (Phi) is 4.90. The van der Waals surface area contributed by atoms with E-state index in [2.05, 4.69) is 5.32 Å². The Labute approximate surface area is 103 Å². The summed E-state index contributed by atoms with van der Waals surface area (Å²) >= 11 is 5.67. The van der Waals surface area contributed by atoms with Gasteiger partial charge in [-0.15, -0.1) is 11.6 Å². The second-order valence-electron chi connectivity index (χ2n) is 5.56. The Hall–Kier alpha value is -0.440. The molecule has 0 unspecified atom stereocenters. The van der Waals surface area contributed by atoms with Crippen LogP contribution in [0.5, 0.6) is 0 Å². The lowest BCUT2D eigenvalue weighted by Gasteiger charge is -2.35. The first-order valence-corrected chi connectivity index (χ1v) is 6.47. The van der Waals surface area contributed by atoms with Crippen molar-refractivity contribution < 1.29 is 9.53 Å². The maximum atomic E-state index is 11.4. The first-order valence-electron chi connectivity index (χ1n) is 5.93. The lowest BCUT2D eigenvalue weighted by atomic mass is 9.73. The monoisotopic (exact) mass is 247 g/mol. The van der Waals surface area contributed by atoms with E-state index in [0.717, 1.165) is 24.8 Å². The minimum absolute atomic E-state index is 0.312. The number of alkyl carbamates (subject to hydrolysis) is 1. The fourth-order valence-electron chi connectivity index (χ4n) is 1.97. The normalized spacial score (nSPS) is 24.8. The number of alkyl halides is 1. The molecule has 0 aromatic heterocycles. The van der Waals surface area contributed by atoms with E-state index in [0.29, 0.717) is 5.92 Å². The number of hydrogen-bond donors (Lipinski definition) is 1. The Morgan fingerprint density at radius 1 is 1.38 bits per heavy atom. The first-order chi connectivity index (χ1) is 7.40. The standard InChI is InChI=1S/C12H22ClNO2/c1-12(2,3)16-11(15)14-8-10-6-9(7-10)4-5-13/h9-10H,4-8H2,1-3H3,(H,14,15). The molecular weight excluding hydrogens is 226 g/mol. The zero-order chi connectivity index (χ0) is 12.2. The predicted octanol–water partition coefficient (Wildman–Crippen LogP) is 3.17. The summed E-state index contributed by atoms with van der Waals surface area (Å²) in [4.78, 5) is 11.4. The van der Waals surface area contributed by atoms with Crippen molar-refractivity contribution in [2.24, 2.45) is 11.8 Å². The van der Waals surface area contributed by atoms with Crippen LogP contribution in [0.1, 0.15) is 40.0 Å². The third kappa shape index (κ3) is 5.06. The molecule has 1 rings (SSSR count). The summed E-state index contributed by atoms with van der Waals surface area (Å²) in [6.07, 6.45) is 3.16. The third-order valence-corrected chi connectivity index (χ3v) is 3.00. The van der Waals surface area contributed by atoms with Crippen molar-refractivity contribution in [3.05, 3.63) is 0 Å². The molecule has 0 aliphatic heterocycles. The molecule has 0 saturated heterocycles. The van der Waals surface area contributed by atoms with Gasteiger partial charge in [0.05, 0.1) is 0 Å². The molecule has 0 bridgehead atoms. The van der Waals surface area contributed by atoms with Gasteiger partial charge in [-0.25, -0.2) is 4.79 Å². The van der Waals surface area contributed by atoms with Gasteiger partial charge in [-0.2, -0.15) is 0 Å². The van der Waals surface area contributed by atoms with Crippen LogP contribution in [0.2, 0.25) is 0 Å². The maximum Gasteiger partial charge on any atom is 0.407 e. The highest BCUT2D eigenvalue weighted by Gasteiger charge is 2.28. The molecule has 1 aliphatic carbocycles. The molecular formula is C12H22ClNO2. The average Bonchev–Trinajstić information content (AvgIpc) is 2.05. The van der Waals surface area contributed by atoms with Crippen molar-refractivity contribution in [2.75, 3.05) is 12.4 Å². The Bertz CT molecular complexity index is 232. The van der Waals surface area contributed by atoms with E-state index in [1.165, 1.54) is 12.8 Å². The molecule has 1 amide bonds. The van der Waals surface area contributed by atoms with E-state index >= 15 is 0 Å². The van der Waals surface area contributed by atoms with Crippen LogP contribution in [0.3, 0.4) is 0 Å². The third-order valence-electron chi connectivity index (χ3n) is 2.78. The Morgan fingerprint density at radius 2 is 2.00 bits per heavy atom. The minimum atomic E-state index is -0.412. The summed E-state index contributed by atoms with van der Waals surface area (Å²) in [5, 5.41) is 2.81. The molecule has 94 valence electrons. The Morgan fingerprint density at radius 3 is 2.50 bits per heavy atom. The van der Waals surface area contributed by atoms with Gasteiger partial charge in [0.2, 0.25) is 0 Å². The van der Waals surface area contributed by atoms with Crippen molar-refractivity contribution in [3.8, 4) is 0 Å². The predicted molar refractivity (Wildman–Crippen MR) is 65.8 cm³/mol. The molecule has 0 aromatic carbocycles. The van der Waals surface area contributed by atoms with Gasteiger partial charge in [0, 0.05) is 12.4 Å². The number of carbonyl (C=O) groups excluding carboxylic acids is 1. The largest absolute Gasteiger partial charge is 0.444 e. The number of amides is 1. The molecule has 0 radical (unpaired) electrons. The SMILES string of the molecule is CC(C)(C)OC(=O)NCC1CC(CCCl)C1. The second-order valence-corrected chi connectivity index (χ2v) is 5.94. The summed E-state index contributed by atoms with van der Waals surface area (Å²) in [7, 11) is 0. The summed E-state index contributed by atoms with van der Waals surface area (Å²) in [6.45, 7) is 6.33. The minimum Gasteiger partial charge on any atom is -0.444 e. The molecule has 3 nitrogen and oxygen atoms in total. The second kappa shape index (κ2) is 5.76. The van der Waals surface area contributed by atoms with Gasteiger partial charge in [0.25, 0.3) is 0 Å². The topological polar surface area (TPSA) is 38.3 Å². The molecule has 0 atom stereocenters. The zero-order valence-corrected chi connectivity index (χ0v) is 11.1. The van der Waals surface area contributed by atoms with Crippen LogP contribution in [0.25, 0.3) is 0 Å². The number of ether oxygens (including phenoxy) is 1. The van der Waals surface area contributed by atoms with Gasteiger partial charge in [-0.1, -0.05) is 0 Å². The van der Waals surface area contributed by atoms with Gasteiger partial charge in [-0.05, 0) is 51.9 Å². The highest BCUT2D eigenvalue weighted by Crippen LogP contribution is 2.35.